The summed E-state index contributed by atoms with van der Waals surface area (Å²) in [5.74, 6) is 0.619. The maximum atomic E-state index is 13.6. The minimum absolute atomic E-state index is 0.132. The number of hydrogen-bond donors (Lipinski definition) is 2. The number of amides is 2. The number of methoxy groups -OCH3 is 1. The first-order valence-electron chi connectivity index (χ1n) is 11.9. The molecule has 2 amide bonds. The molecule has 1 unspecified atom stereocenters. The van der Waals surface area contributed by atoms with E-state index in [1.54, 1.807) is 27.9 Å². The van der Waals surface area contributed by atoms with E-state index < -0.39 is 17.7 Å². The van der Waals surface area contributed by atoms with Gasteiger partial charge >= 0.3 is 6.09 Å². The first kappa shape index (κ1) is 26.1. The van der Waals surface area contributed by atoms with Crippen LogP contribution in [0.4, 0.5) is 4.79 Å². The molecule has 0 aliphatic rings. The summed E-state index contributed by atoms with van der Waals surface area (Å²) in [6.07, 6.45) is 1.72. The lowest BCUT2D eigenvalue weighted by atomic mass is 9.95. The van der Waals surface area contributed by atoms with Gasteiger partial charge in [-0.2, -0.15) is 0 Å². The highest BCUT2D eigenvalue weighted by Crippen LogP contribution is 2.25. The number of benzene rings is 2. The van der Waals surface area contributed by atoms with Crippen molar-refractivity contribution in [1.82, 2.24) is 15.2 Å². The van der Waals surface area contributed by atoms with Crippen molar-refractivity contribution in [1.29, 1.82) is 0 Å². The maximum absolute atomic E-state index is 13.6. The van der Waals surface area contributed by atoms with Gasteiger partial charge in [0.25, 0.3) is 0 Å². The van der Waals surface area contributed by atoms with Crippen LogP contribution in [0.1, 0.15) is 51.8 Å². The van der Waals surface area contributed by atoms with Gasteiger partial charge in [-0.25, -0.2) is 4.79 Å². The average molecular weight is 480 g/mol. The van der Waals surface area contributed by atoms with Crippen LogP contribution in [0.15, 0.2) is 54.7 Å². The van der Waals surface area contributed by atoms with Crippen LogP contribution in [-0.4, -0.2) is 35.3 Å². The van der Waals surface area contributed by atoms with Gasteiger partial charge in [-0.05, 0) is 56.0 Å². The Bertz CT molecular complexity index is 1160. The van der Waals surface area contributed by atoms with Crippen LogP contribution in [-0.2, 0) is 23.0 Å². The van der Waals surface area contributed by atoms with Crippen LogP contribution in [0.3, 0.4) is 0 Å². The minimum Gasteiger partial charge on any atom is -0.497 e. The Kier molecular flexibility index (Phi) is 8.10. The van der Waals surface area contributed by atoms with Crippen molar-refractivity contribution in [3.05, 3.63) is 65.9 Å². The molecular formula is C28H37N3O4. The summed E-state index contributed by atoms with van der Waals surface area (Å²) in [6, 6.07) is 14.6. The van der Waals surface area contributed by atoms with Crippen molar-refractivity contribution >= 4 is 22.9 Å². The minimum atomic E-state index is -0.810. The fraction of sp³-hybridized carbons (Fsp3) is 0.429. The van der Waals surface area contributed by atoms with Gasteiger partial charge in [0.05, 0.1) is 13.2 Å². The Morgan fingerprint density at radius 2 is 1.66 bits per heavy atom. The van der Waals surface area contributed by atoms with Crippen molar-refractivity contribution in [3.8, 4) is 5.75 Å². The molecule has 0 saturated carbocycles. The monoisotopic (exact) mass is 479 g/mol. The Morgan fingerprint density at radius 1 is 1.00 bits per heavy atom. The summed E-state index contributed by atoms with van der Waals surface area (Å²) in [5, 5.41) is 7.01. The molecule has 1 heterocycles. The van der Waals surface area contributed by atoms with Crippen LogP contribution in [0, 0.1) is 5.92 Å². The lowest BCUT2D eigenvalue weighted by Crippen LogP contribution is -2.50. The summed E-state index contributed by atoms with van der Waals surface area (Å²) >= 11 is 0. The van der Waals surface area contributed by atoms with Crippen molar-refractivity contribution < 1.29 is 19.1 Å². The number of carbonyl (C=O) groups is 2. The Balaban J connectivity index is 1.88. The van der Waals surface area contributed by atoms with Gasteiger partial charge in [-0.3, -0.25) is 4.79 Å². The van der Waals surface area contributed by atoms with Crippen LogP contribution in [0.2, 0.25) is 0 Å². The molecule has 0 saturated heterocycles. The normalized spacial score (nSPS) is 13.4. The zero-order valence-electron chi connectivity index (χ0n) is 21.7. The third kappa shape index (κ3) is 6.78. The number of aryl methyl sites for hydroxylation is 1. The van der Waals surface area contributed by atoms with Crippen LogP contribution < -0.4 is 15.4 Å². The molecule has 2 aromatic carbocycles. The molecule has 2 N–H and O–H groups in total. The lowest BCUT2D eigenvalue weighted by molar-refractivity contribution is -0.124. The van der Waals surface area contributed by atoms with Gasteiger partial charge in [0.1, 0.15) is 17.4 Å². The average Bonchev–Trinajstić information content (AvgIpc) is 3.11. The third-order valence-corrected chi connectivity index (χ3v) is 5.85. The van der Waals surface area contributed by atoms with E-state index in [-0.39, 0.29) is 17.9 Å². The smallest absolute Gasteiger partial charge is 0.408 e. The Morgan fingerprint density at radius 3 is 2.26 bits per heavy atom. The van der Waals surface area contributed by atoms with E-state index in [2.05, 4.69) is 24.5 Å². The van der Waals surface area contributed by atoms with Crippen molar-refractivity contribution in [3.63, 3.8) is 0 Å². The quantitative estimate of drug-likeness (QED) is 0.469. The molecule has 2 atom stereocenters. The van der Waals surface area contributed by atoms with Gasteiger partial charge in [-0.15, -0.1) is 0 Å². The van der Waals surface area contributed by atoms with E-state index in [0.717, 1.165) is 27.8 Å². The second kappa shape index (κ2) is 10.8. The van der Waals surface area contributed by atoms with Crippen LogP contribution in [0.25, 0.3) is 10.9 Å². The molecular weight excluding hydrogens is 442 g/mol. The first-order valence-corrected chi connectivity index (χ1v) is 11.9. The van der Waals surface area contributed by atoms with Crippen molar-refractivity contribution in [2.75, 3.05) is 7.11 Å². The molecule has 3 aromatic rings. The number of para-hydroxylation sites is 1. The summed E-state index contributed by atoms with van der Waals surface area (Å²) in [6.45, 7) is 9.49. The molecule has 1 aromatic heterocycles. The van der Waals surface area contributed by atoms with Crippen LogP contribution >= 0.6 is 0 Å². The Labute approximate surface area is 207 Å². The standard InChI is InChI=1S/C28H37N3O4/c1-18(2)25(19-12-14-21(34-7)15-13-19)30-26(32)23(29-27(33)35-28(3,4)5)16-20-17-31(6)24-11-9-8-10-22(20)24/h8-15,17-18,23,25H,16H2,1-7H3,(H,29,33)(H,30,32)/t23-,25?/m1/s1. The largest absolute Gasteiger partial charge is 0.497 e. The molecule has 7 nitrogen and oxygen atoms in total. The number of carbonyl (C=O) groups excluding carboxylic acids is 2. The zero-order chi connectivity index (χ0) is 25.8. The third-order valence-electron chi connectivity index (χ3n) is 5.85. The number of hydrogen-bond acceptors (Lipinski definition) is 4. The summed E-state index contributed by atoms with van der Waals surface area (Å²) in [5.41, 5.74) is 2.34. The highest BCUT2D eigenvalue weighted by atomic mass is 16.6. The predicted octanol–water partition coefficient (Wildman–Crippen LogP) is 5.14. The highest BCUT2D eigenvalue weighted by Gasteiger charge is 2.28. The number of nitrogens with one attached hydrogen (secondary N) is 2. The lowest BCUT2D eigenvalue weighted by Gasteiger charge is -2.27. The van der Waals surface area contributed by atoms with Gasteiger partial charge in [0.15, 0.2) is 0 Å². The van der Waals surface area contributed by atoms with Gasteiger partial charge in [-0.1, -0.05) is 44.2 Å². The predicted molar refractivity (Wildman–Crippen MR) is 138 cm³/mol. The fourth-order valence-corrected chi connectivity index (χ4v) is 4.17. The molecule has 0 radical (unpaired) electrons. The van der Waals surface area contributed by atoms with Gasteiger partial charge in [0.2, 0.25) is 5.91 Å². The SMILES string of the molecule is COc1ccc(C(NC(=O)[C@@H](Cc2cn(C)c3ccccc23)NC(=O)OC(C)(C)C)C(C)C)cc1. The van der Waals surface area contributed by atoms with Crippen molar-refractivity contribution in [2.24, 2.45) is 13.0 Å². The molecule has 188 valence electrons. The number of alkyl carbamates (subject to hydrolysis) is 1. The molecule has 7 heteroatoms. The topological polar surface area (TPSA) is 81.6 Å². The van der Waals surface area contributed by atoms with E-state index in [0.29, 0.717) is 6.42 Å². The second-order valence-corrected chi connectivity index (χ2v) is 10.2. The molecule has 0 aliphatic heterocycles. The van der Waals surface area contributed by atoms with E-state index in [4.69, 9.17) is 9.47 Å². The van der Waals surface area contributed by atoms with Crippen molar-refractivity contribution in [2.45, 2.75) is 58.7 Å². The molecule has 3 rings (SSSR count). The summed E-state index contributed by atoms with van der Waals surface area (Å²) in [4.78, 5) is 26.3. The molecule has 0 spiro atoms. The zero-order valence-corrected chi connectivity index (χ0v) is 21.7. The van der Waals surface area contributed by atoms with E-state index in [9.17, 15) is 9.59 Å². The Hall–Kier alpha value is -3.48. The first-order chi connectivity index (χ1) is 16.5. The van der Waals surface area contributed by atoms with Crippen LogP contribution in [0.5, 0.6) is 5.75 Å². The molecule has 0 bridgehead atoms. The van der Waals surface area contributed by atoms with E-state index >= 15 is 0 Å². The molecule has 0 fully saturated rings. The number of fused-ring (bicyclic) bond motifs is 1. The fourth-order valence-electron chi connectivity index (χ4n) is 4.17. The highest BCUT2D eigenvalue weighted by molar-refractivity contribution is 5.89. The number of ether oxygens (including phenoxy) is 2. The van der Waals surface area contributed by atoms with E-state index in [1.807, 2.05) is 66.3 Å². The van der Waals surface area contributed by atoms with Gasteiger partial charge in [0, 0.05) is 30.6 Å². The number of rotatable bonds is 8. The van der Waals surface area contributed by atoms with Gasteiger partial charge < -0.3 is 24.7 Å². The molecule has 0 aliphatic carbocycles. The van der Waals surface area contributed by atoms with E-state index in [1.165, 1.54) is 0 Å². The number of nitrogens with zero attached hydrogens (tertiary/aromatic N) is 1. The summed E-state index contributed by atoms with van der Waals surface area (Å²) < 4.78 is 12.8. The number of aromatic nitrogens is 1. The molecule has 35 heavy (non-hydrogen) atoms. The maximum Gasteiger partial charge on any atom is 0.408 e. The second-order valence-electron chi connectivity index (χ2n) is 10.2. The summed E-state index contributed by atoms with van der Waals surface area (Å²) in [7, 11) is 3.59.